The van der Waals surface area contributed by atoms with Crippen molar-refractivity contribution in [2.45, 2.75) is 46.0 Å². The van der Waals surface area contributed by atoms with Crippen molar-refractivity contribution in [3.8, 4) is 17.6 Å². The van der Waals surface area contributed by atoms with Crippen LogP contribution in [0.25, 0.3) is 0 Å². The van der Waals surface area contributed by atoms with Crippen LogP contribution in [0.5, 0.6) is 5.75 Å². The lowest BCUT2D eigenvalue weighted by molar-refractivity contribution is 0.317. The van der Waals surface area contributed by atoms with Crippen molar-refractivity contribution in [2.24, 2.45) is 0 Å². The minimum atomic E-state index is 0.793. The highest BCUT2D eigenvalue weighted by molar-refractivity contribution is 5.27. The largest absolute Gasteiger partial charge is 0.494 e. The van der Waals surface area contributed by atoms with Gasteiger partial charge >= 0.3 is 0 Å². The lowest BCUT2D eigenvalue weighted by atomic mass is 10.1. The molecule has 0 heterocycles. The minimum Gasteiger partial charge on any atom is -0.494 e. The van der Waals surface area contributed by atoms with Crippen LogP contribution in [0.15, 0.2) is 24.3 Å². The van der Waals surface area contributed by atoms with Gasteiger partial charge in [0.25, 0.3) is 0 Å². The van der Waals surface area contributed by atoms with Gasteiger partial charge in [-0.05, 0) is 37.0 Å². The number of rotatable bonds is 6. The lowest BCUT2D eigenvalue weighted by Crippen LogP contribution is -1.94. The standard InChI is InChI=1S/C16H22O/c1-3-5-6-7-8-9-15-10-12-16(13-11-15)17-14-4-2/h10-13H,3-5,8-9,14H2,1-2H3. The molecule has 0 aromatic heterocycles. The van der Waals surface area contributed by atoms with E-state index in [0.717, 1.165) is 44.5 Å². The Labute approximate surface area is 105 Å². The van der Waals surface area contributed by atoms with E-state index >= 15 is 0 Å². The van der Waals surface area contributed by atoms with E-state index in [2.05, 4.69) is 37.8 Å². The van der Waals surface area contributed by atoms with Crippen molar-refractivity contribution in [2.75, 3.05) is 6.61 Å². The predicted octanol–water partition coefficient (Wildman–Crippen LogP) is 4.21. The highest BCUT2D eigenvalue weighted by Crippen LogP contribution is 2.13. The first-order valence-corrected chi connectivity index (χ1v) is 6.54. The fraction of sp³-hybridized carbons (Fsp3) is 0.500. The fourth-order valence-corrected chi connectivity index (χ4v) is 1.48. The molecule has 0 N–H and O–H groups in total. The predicted molar refractivity (Wildman–Crippen MR) is 73.2 cm³/mol. The van der Waals surface area contributed by atoms with Crippen LogP contribution < -0.4 is 4.74 Å². The average molecular weight is 230 g/mol. The third kappa shape index (κ3) is 6.02. The molecule has 0 saturated carbocycles. The van der Waals surface area contributed by atoms with Gasteiger partial charge in [-0.25, -0.2) is 0 Å². The summed E-state index contributed by atoms with van der Waals surface area (Å²) in [5.74, 6) is 7.34. The molecular weight excluding hydrogens is 208 g/mol. The van der Waals surface area contributed by atoms with Crippen molar-refractivity contribution in [3.63, 3.8) is 0 Å². The monoisotopic (exact) mass is 230 g/mol. The Kier molecular flexibility index (Phi) is 6.98. The van der Waals surface area contributed by atoms with E-state index in [4.69, 9.17) is 4.74 Å². The molecule has 1 heteroatoms. The third-order valence-electron chi connectivity index (χ3n) is 2.43. The number of aryl methyl sites for hydroxylation is 1. The number of benzene rings is 1. The molecule has 0 atom stereocenters. The molecule has 0 aliphatic heterocycles. The maximum Gasteiger partial charge on any atom is 0.119 e. The number of ether oxygens (including phenoxy) is 1. The zero-order valence-electron chi connectivity index (χ0n) is 11.0. The molecule has 0 fully saturated rings. The lowest BCUT2D eigenvalue weighted by Gasteiger charge is -2.04. The maximum atomic E-state index is 5.54. The molecule has 17 heavy (non-hydrogen) atoms. The number of hydrogen-bond acceptors (Lipinski definition) is 1. The summed E-state index contributed by atoms with van der Waals surface area (Å²) in [5, 5.41) is 0. The molecule has 92 valence electrons. The summed E-state index contributed by atoms with van der Waals surface area (Å²) >= 11 is 0. The zero-order valence-corrected chi connectivity index (χ0v) is 11.0. The van der Waals surface area contributed by atoms with Crippen molar-refractivity contribution < 1.29 is 4.74 Å². The summed E-state index contributed by atoms with van der Waals surface area (Å²) in [6.45, 7) is 5.06. The Morgan fingerprint density at radius 3 is 2.29 bits per heavy atom. The van der Waals surface area contributed by atoms with Crippen LogP contribution in [0, 0.1) is 11.8 Å². The second-order valence-electron chi connectivity index (χ2n) is 4.10. The molecule has 1 aromatic carbocycles. The average Bonchev–Trinajstić information content (AvgIpc) is 2.37. The molecule has 0 unspecified atom stereocenters. The summed E-state index contributed by atoms with van der Waals surface area (Å²) in [5.41, 5.74) is 1.33. The van der Waals surface area contributed by atoms with Gasteiger partial charge in [0.1, 0.15) is 5.75 Å². The van der Waals surface area contributed by atoms with Gasteiger partial charge in [-0.1, -0.05) is 26.0 Å². The highest BCUT2D eigenvalue weighted by atomic mass is 16.5. The number of unbranched alkanes of at least 4 members (excludes halogenated alkanes) is 1. The summed E-state index contributed by atoms with van der Waals surface area (Å²) < 4.78 is 5.54. The van der Waals surface area contributed by atoms with Gasteiger partial charge in [-0.15, -0.1) is 11.8 Å². The van der Waals surface area contributed by atoms with Crippen LogP contribution in [-0.2, 0) is 6.42 Å². The molecule has 0 bridgehead atoms. The van der Waals surface area contributed by atoms with Crippen molar-refractivity contribution in [3.05, 3.63) is 29.8 Å². The van der Waals surface area contributed by atoms with E-state index in [-0.39, 0.29) is 0 Å². The Balaban J connectivity index is 2.33. The highest BCUT2D eigenvalue weighted by Gasteiger charge is 1.94. The van der Waals surface area contributed by atoms with Gasteiger partial charge in [-0.2, -0.15) is 0 Å². The van der Waals surface area contributed by atoms with E-state index in [1.165, 1.54) is 5.56 Å². The van der Waals surface area contributed by atoms with Crippen molar-refractivity contribution in [1.82, 2.24) is 0 Å². The van der Waals surface area contributed by atoms with Crippen LogP contribution in [0.2, 0.25) is 0 Å². The van der Waals surface area contributed by atoms with Crippen molar-refractivity contribution in [1.29, 1.82) is 0 Å². The molecule has 0 aliphatic rings. The number of hydrogen-bond donors (Lipinski definition) is 0. The molecule has 1 rings (SSSR count). The normalized spacial score (nSPS) is 9.53. The van der Waals surface area contributed by atoms with Crippen LogP contribution in [0.4, 0.5) is 0 Å². The molecule has 0 amide bonds. The fourth-order valence-electron chi connectivity index (χ4n) is 1.48. The topological polar surface area (TPSA) is 9.23 Å². The molecule has 0 aliphatic carbocycles. The Morgan fingerprint density at radius 2 is 1.65 bits per heavy atom. The van der Waals surface area contributed by atoms with Gasteiger partial charge < -0.3 is 4.74 Å². The zero-order chi connectivity index (χ0) is 12.3. The maximum absolute atomic E-state index is 5.54. The summed E-state index contributed by atoms with van der Waals surface area (Å²) in [7, 11) is 0. The first kappa shape index (κ1) is 13.6. The second-order valence-corrected chi connectivity index (χ2v) is 4.10. The van der Waals surface area contributed by atoms with E-state index in [1.807, 2.05) is 12.1 Å². The van der Waals surface area contributed by atoms with Gasteiger partial charge in [0, 0.05) is 12.8 Å². The second kappa shape index (κ2) is 8.70. The molecule has 0 saturated heterocycles. The molecule has 1 nitrogen and oxygen atoms in total. The Hall–Kier alpha value is -1.42. The van der Waals surface area contributed by atoms with Crippen LogP contribution in [-0.4, -0.2) is 6.61 Å². The molecular formula is C16H22O. The quantitative estimate of drug-likeness (QED) is 0.665. The molecule has 1 aromatic rings. The van der Waals surface area contributed by atoms with Gasteiger partial charge in [-0.3, -0.25) is 0 Å². The Bertz CT molecular complexity index is 353. The van der Waals surface area contributed by atoms with Crippen LogP contribution in [0.1, 0.15) is 45.1 Å². The van der Waals surface area contributed by atoms with Crippen LogP contribution >= 0.6 is 0 Å². The van der Waals surface area contributed by atoms with Crippen LogP contribution in [0.3, 0.4) is 0 Å². The Morgan fingerprint density at radius 1 is 0.941 bits per heavy atom. The van der Waals surface area contributed by atoms with E-state index in [9.17, 15) is 0 Å². The van der Waals surface area contributed by atoms with Gasteiger partial charge in [0.2, 0.25) is 0 Å². The van der Waals surface area contributed by atoms with Gasteiger partial charge in [0.05, 0.1) is 6.61 Å². The first-order chi connectivity index (χ1) is 8.36. The van der Waals surface area contributed by atoms with Gasteiger partial charge in [0.15, 0.2) is 0 Å². The van der Waals surface area contributed by atoms with E-state index in [1.54, 1.807) is 0 Å². The summed E-state index contributed by atoms with van der Waals surface area (Å²) in [6, 6.07) is 8.36. The smallest absolute Gasteiger partial charge is 0.119 e. The minimum absolute atomic E-state index is 0.793. The third-order valence-corrected chi connectivity index (χ3v) is 2.43. The SMILES string of the molecule is CCCC#CCCc1ccc(OCCC)cc1. The first-order valence-electron chi connectivity index (χ1n) is 6.54. The summed E-state index contributed by atoms with van der Waals surface area (Å²) in [4.78, 5) is 0. The molecule has 0 radical (unpaired) electrons. The van der Waals surface area contributed by atoms with E-state index < -0.39 is 0 Å². The van der Waals surface area contributed by atoms with Crippen molar-refractivity contribution >= 4 is 0 Å². The van der Waals surface area contributed by atoms with E-state index in [0.29, 0.717) is 0 Å². The summed E-state index contributed by atoms with van der Waals surface area (Å²) in [6.07, 6.45) is 5.20. The molecule has 0 spiro atoms.